The zero-order chi connectivity index (χ0) is 25.2. The smallest absolute Gasteiger partial charge is 0.344 e. The van der Waals surface area contributed by atoms with Crippen molar-refractivity contribution in [2.45, 2.75) is 25.4 Å². The van der Waals surface area contributed by atoms with Crippen LogP contribution in [-0.2, 0) is 15.1 Å². The second kappa shape index (κ2) is 10.2. The molecule has 9 nitrogen and oxygen atoms in total. The van der Waals surface area contributed by atoms with Crippen molar-refractivity contribution in [3.8, 4) is 5.75 Å². The first-order valence-electron chi connectivity index (χ1n) is 11.5. The summed E-state index contributed by atoms with van der Waals surface area (Å²) in [5.74, 6) is -0.408. The summed E-state index contributed by atoms with van der Waals surface area (Å²) in [5, 5.41) is 4.19. The summed E-state index contributed by atoms with van der Waals surface area (Å²) < 4.78 is 5.23. The number of urea groups is 1. The number of ether oxygens (including phenoxy) is 1. The molecular weight excluding hydrogens is 470 g/mol. The van der Waals surface area contributed by atoms with Crippen molar-refractivity contribution in [1.29, 1.82) is 0 Å². The molecule has 0 saturated carbocycles. The second-order valence-corrected chi connectivity index (χ2v) is 9.38. The van der Waals surface area contributed by atoms with Crippen molar-refractivity contribution in [2.24, 2.45) is 0 Å². The number of imide groups is 1. The third-order valence-corrected chi connectivity index (χ3v) is 7.10. The standard InChI is InChI=1S/C25H30ClN5O4/c1-17(20-9-4-5-10-21(20)26)30-13-11-29(12-14-30)16-22(32)28-31-23(33)25(2,27-24(31)34)18-7-6-8-19(15-18)35-3/h4-10,15,17H,11-14,16H2,1-3H3,(H,27,34)(H,28,32). The Bertz CT molecular complexity index is 1120. The molecule has 0 radical (unpaired) electrons. The van der Waals surface area contributed by atoms with Gasteiger partial charge >= 0.3 is 6.03 Å². The molecule has 2 fully saturated rings. The number of carbonyl (C=O) groups excluding carboxylic acids is 3. The number of piperazine rings is 1. The summed E-state index contributed by atoms with van der Waals surface area (Å²) in [4.78, 5) is 42.7. The maximum absolute atomic E-state index is 13.1. The number of halogens is 1. The molecule has 2 aromatic carbocycles. The first kappa shape index (κ1) is 25.0. The number of nitrogens with one attached hydrogen (secondary N) is 2. The van der Waals surface area contributed by atoms with E-state index in [0.29, 0.717) is 24.4 Å². The number of benzene rings is 2. The highest BCUT2D eigenvalue weighted by molar-refractivity contribution is 6.31. The van der Waals surface area contributed by atoms with E-state index in [1.165, 1.54) is 7.11 Å². The Balaban J connectivity index is 1.32. The molecule has 2 unspecified atom stereocenters. The van der Waals surface area contributed by atoms with Gasteiger partial charge in [-0.2, -0.15) is 5.01 Å². The van der Waals surface area contributed by atoms with Gasteiger partial charge in [0.25, 0.3) is 11.8 Å². The molecule has 0 aliphatic carbocycles. The largest absolute Gasteiger partial charge is 0.497 e. The van der Waals surface area contributed by atoms with Crippen LogP contribution in [0.1, 0.15) is 31.0 Å². The Labute approximate surface area is 209 Å². The molecule has 2 aliphatic heterocycles. The highest BCUT2D eigenvalue weighted by Crippen LogP contribution is 2.30. The number of hydrogen-bond donors (Lipinski definition) is 2. The van der Waals surface area contributed by atoms with Gasteiger partial charge in [0.1, 0.15) is 11.3 Å². The van der Waals surface area contributed by atoms with Crippen molar-refractivity contribution in [3.63, 3.8) is 0 Å². The van der Waals surface area contributed by atoms with Gasteiger partial charge < -0.3 is 10.1 Å². The fourth-order valence-electron chi connectivity index (χ4n) is 4.55. The lowest BCUT2D eigenvalue weighted by molar-refractivity contribution is -0.139. The van der Waals surface area contributed by atoms with E-state index in [-0.39, 0.29) is 12.6 Å². The molecule has 2 atom stereocenters. The van der Waals surface area contributed by atoms with Crippen LogP contribution in [0.2, 0.25) is 5.02 Å². The number of carbonyl (C=O) groups is 3. The minimum Gasteiger partial charge on any atom is -0.497 e. The molecule has 0 spiro atoms. The Kier molecular flexibility index (Phi) is 7.30. The lowest BCUT2D eigenvalue weighted by atomic mass is 9.92. The van der Waals surface area contributed by atoms with Crippen molar-refractivity contribution < 1.29 is 19.1 Å². The number of methoxy groups -OCH3 is 1. The minimum absolute atomic E-state index is 0.0846. The molecule has 2 heterocycles. The average molecular weight is 500 g/mol. The van der Waals surface area contributed by atoms with Gasteiger partial charge in [0, 0.05) is 37.2 Å². The van der Waals surface area contributed by atoms with Gasteiger partial charge in [0.2, 0.25) is 0 Å². The van der Waals surface area contributed by atoms with Crippen molar-refractivity contribution in [3.05, 3.63) is 64.7 Å². The maximum Gasteiger partial charge on any atom is 0.344 e. The van der Waals surface area contributed by atoms with Crippen LogP contribution in [0.3, 0.4) is 0 Å². The molecule has 2 aliphatic rings. The second-order valence-electron chi connectivity index (χ2n) is 8.97. The third-order valence-electron chi connectivity index (χ3n) is 6.75. The van der Waals surface area contributed by atoms with Gasteiger partial charge in [-0.25, -0.2) is 4.79 Å². The zero-order valence-electron chi connectivity index (χ0n) is 20.1. The van der Waals surface area contributed by atoms with Crippen LogP contribution in [0.15, 0.2) is 48.5 Å². The normalized spacial score (nSPS) is 22.1. The van der Waals surface area contributed by atoms with E-state index in [1.54, 1.807) is 31.2 Å². The molecule has 4 rings (SSSR count). The van der Waals surface area contributed by atoms with E-state index in [4.69, 9.17) is 16.3 Å². The number of hydrogen-bond acceptors (Lipinski definition) is 6. The molecule has 2 N–H and O–H groups in total. The predicted molar refractivity (Wildman–Crippen MR) is 132 cm³/mol. The van der Waals surface area contributed by atoms with Crippen LogP contribution in [0.4, 0.5) is 4.79 Å². The number of hydrazine groups is 1. The molecule has 2 aromatic rings. The fraction of sp³-hybridized carbons (Fsp3) is 0.400. The Morgan fingerprint density at radius 1 is 1.14 bits per heavy atom. The van der Waals surface area contributed by atoms with Gasteiger partial charge in [-0.05, 0) is 43.2 Å². The molecule has 0 aromatic heterocycles. The van der Waals surface area contributed by atoms with Gasteiger partial charge in [0.05, 0.1) is 13.7 Å². The van der Waals surface area contributed by atoms with Crippen LogP contribution in [0.5, 0.6) is 5.75 Å². The van der Waals surface area contributed by atoms with E-state index >= 15 is 0 Å². The van der Waals surface area contributed by atoms with Gasteiger partial charge in [0.15, 0.2) is 0 Å². The van der Waals surface area contributed by atoms with Crippen LogP contribution >= 0.6 is 11.6 Å². The first-order valence-corrected chi connectivity index (χ1v) is 11.9. The van der Waals surface area contributed by atoms with E-state index in [0.717, 1.165) is 28.7 Å². The van der Waals surface area contributed by atoms with Crippen LogP contribution in [-0.4, -0.2) is 72.5 Å². The lowest BCUT2D eigenvalue weighted by Gasteiger charge is -2.38. The number of rotatable bonds is 7. The predicted octanol–water partition coefficient (Wildman–Crippen LogP) is 2.53. The molecule has 186 valence electrons. The third kappa shape index (κ3) is 5.12. The fourth-order valence-corrected chi connectivity index (χ4v) is 4.85. The van der Waals surface area contributed by atoms with Crippen LogP contribution < -0.4 is 15.5 Å². The summed E-state index contributed by atoms with van der Waals surface area (Å²) >= 11 is 6.35. The molecule has 10 heteroatoms. The molecule has 35 heavy (non-hydrogen) atoms. The first-order chi connectivity index (χ1) is 16.7. The van der Waals surface area contributed by atoms with Crippen LogP contribution in [0.25, 0.3) is 0 Å². The maximum atomic E-state index is 13.1. The Morgan fingerprint density at radius 2 is 1.86 bits per heavy atom. The van der Waals surface area contributed by atoms with Crippen molar-refractivity contribution >= 4 is 29.4 Å². The summed E-state index contributed by atoms with van der Waals surface area (Å²) in [6.07, 6.45) is 0. The molecule has 4 amide bonds. The number of nitrogens with zero attached hydrogens (tertiary/aromatic N) is 3. The highest BCUT2D eigenvalue weighted by Gasteiger charge is 2.50. The topological polar surface area (TPSA) is 94.2 Å². The highest BCUT2D eigenvalue weighted by atomic mass is 35.5. The summed E-state index contributed by atoms with van der Waals surface area (Å²) in [7, 11) is 1.53. The SMILES string of the molecule is COc1cccc(C2(C)NC(=O)N(NC(=O)CN3CCN(C(C)c4ccccc4Cl)CC3)C2=O)c1. The lowest BCUT2D eigenvalue weighted by Crippen LogP contribution is -2.53. The molecule has 2 saturated heterocycles. The summed E-state index contributed by atoms with van der Waals surface area (Å²) in [5.41, 5.74) is 2.82. The zero-order valence-corrected chi connectivity index (χ0v) is 20.8. The van der Waals surface area contributed by atoms with Crippen molar-refractivity contribution in [2.75, 3.05) is 39.8 Å². The van der Waals surface area contributed by atoms with Gasteiger partial charge in [-0.3, -0.25) is 24.8 Å². The number of amides is 4. The van der Waals surface area contributed by atoms with E-state index in [9.17, 15) is 14.4 Å². The monoisotopic (exact) mass is 499 g/mol. The van der Waals surface area contributed by atoms with E-state index < -0.39 is 23.4 Å². The Hall–Kier alpha value is -3.14. The molecule has 0 bridgehead atoms. The van der Waals surface area contributed by atoms with Crippen LogP contribution in [0, 0.1) is 0 Å². The van der Waals surface area contributed by atoms with E-state index in [1.807, 2.05) is 29.2 Å². The average Bonchev–Trinajstić information content (AvgIpc) is 3.08. The quantitative estimate of drug-likeness (QED) is 0.569. The van der Waals surface area contributed by atoms with Gasteiger partial charge in [-0.15, -0.1) is 0 Å². The van der Waals surface area contributed by atoms with E-state index in [2.05, 4.69) is 22.6 Å². The summed E-state index contributed by atoms with van der Waals surface area (Å²) in [6.45, 7) is 6.73. The minimum atomic E-state index is -1.31. The molecular formula is C25H30ClN5O4. The Morgan fingerprint density at radius 3 is 2.54 bits per heavy atom. The summed E-state index contributed by atoms with van der Waals surface area (Å²) in [6, 6.07) is 14.2. The van der Waals surface area contributed by atoms with Crippen molar-refractivity contribution in [1.82, 2.24) is 25.6 Å². The van der Waals surface area contributed by atoms with Gasteiger partial charge in [-0.1, -0.05) is 41.9 Å².